The first kappa shape index (κ1) is 12.7. The second kappa shape index (κ2) is 5.01. The summed E-state index contributed by atoms with van der Waals surface area (Å²) >= 11 is 3.31. The third-order valence-electron chi connectivity index (χ3n) is 2.61. The van der Waals surface area contributed by atoms with Crippen LogP contribution in [0.5, 0.6) is 0 Å². The molecule has 0 aliphatic rings. The lowest BCUT2D eigenvalue weighted by atomic mass is 10.2. The smallest absolute Gasteiger partial charge is 0.261 e. The fourth-order valence-corrected chi connectivity index (χ4v) is 2.06. The molecule has 0 amide bonds. The summed E-state index contributed by atoms with van der Waals surface area (Å²) in [5, 5.41) is 3.82. The molecule has 0 bridgehead atoms. The molecule has 2 heterocycles. The van der Waals surface area contributed by atoms with Crippen LogP contribution in [0.3, 0.4) is 0 Å². The lowest BCUT2D eigenvalue weighted by molar-refractivity contribution is 0.429. The van der Waals surface area contributed by atoms with Crippen LogP contribution in [0.25, 0.3) is 22.8 Å². The Balaban J connectivity index is 2.04. The molecular weight excluding hydrogens is 327 g/mol. The van der Waals surface area contributed by atoms with E-state index in [0.717, 1.165) is 4.47 Å². The van der Waals surface area contributed by atoms with Crippen LogP contribution in [0, 0.1) is 5.82 Å². The van der Waals surface area contributed by atoms with Gasteiger partial charge in [0.1, 0.15) is 5.82 Å². The fraction of sp³-hybridized carbons (Fsp3) is 0. The molecule has 0 fully saturated rings. The molecule has 0 saturated carbocycles. The lowest BCUT2D eigenvalue weighted by Crippen LogP contribution is -1.90. The van der Waals surface area contributed by atoms with Crippen LogP contribution in [0.1, 0.15) is 0 Å². The second-order valence-corrected chi connectivity index (χ2v) is 4.97. The van der Waals surface area contributed by atoms with Crippen molar-refractivity contribution in [2.24, 2.45) is 0 Å². The summed E-state index contributed by atoms with van der Waals surface area (Å²) in [6, 6.07) is 5.96. The Morgan fingerprint density at radius 1 is 1.20 bits per heavy atom. The molecule has 0 aliphatic carbocycles. The van der Waals surface area contributed by atoms with E-state index in [1.54, 1.807) is 18.5 Å². The van der Waals surface area contributed by atoms with Gasteiger partial charge in [-0.25, -0.2) is 4.39 Å². The Morgan fingerprint density at radius 2 is 2.05 bits per heavy atom. The van der Waals surface area contributed by atoms with Crippen LogP contribution < -0.4 is 5.73 Å². The van der Waals surface area contributed by atoms with Gasteiger partial charge in [-0.2, -0.15) is 4.98 Å². The van der Waals surface area contributed by atoms with Crippen LogP contribution in [-0.2, 0) is 0 Å². The first-order valence-corrected chi connectivity index (χ1v) is 6.43. The SMILES string of the molecule is Nc1ccc(F)c(-c2nc(-c3cncc(Br)c3)no2)c1. The molecule has 0 aliphatic heterocycles. The zero-order valence-corrected chi connectivity index (χ0v) is 11.6. The number of anilines is 1. The number of nitrogens with zero attached hydrogens (tertiary/aromatic N) is 3. The summed E-state index contributed by atoms with van der Waals surface area (Å²) in [5.74, 6) is -0.0674. The van der Waals surface area contributed by atoms with Crippen molar-refractivity contribution in [3.63, 3.8) is 0 Å². The van der Waals surface area contributed by atoms with Crippen LogP contribution >= 0.6 is 15.9 Å². The van der Waals surface area contributed by atoms with Gasteiger partial charge in [0, 0.05) is 28.1 Å². The maximum atomic E-state index is 13.7. The van der Waals surface area contributed by atoms with Crippen LogP contribution in [0.4, 0.5) is 10.1 Å². The van der Waals surface area contributed by atoms with Gasteiger partial charge in [0.05, 0.1) is 5.56 Å². The Hall–Kier alpha value is -2.28. The maximum absolute atomic E-state index is 13.7. The Morgan fingerprint density at radius 3 is 2.85 bits per heavy atom. The van der Waals surface area contributed by atoms with E-state index in [-0.39, 0.29) is 11.5 Å². The Kier molecular flexibility index (Phi) is 3.19. The van der Waals surface area contributed by atoms with Crippen molar-refractivity contribution in [2.45, 2.75) is 0 Å². The number of nitrogen functional groups attached to an aromatic ring is 1. The van der Waals surface area contributed by atoms with E-state index >= 15 is 0 Å². The first-order valence-electron chi connectivity index (χ1n) is 5.63. The minimum atomic E-state index is -0.471. The average Bonchev–Trinajstić information content (AvgIpc) is 2.91. The molecule has 3 rings (SSSR count). The normalized spacial score (nSPS) is 10.7. The Bertz CT molecular complexity index is 775. The van der Waals surface area contributed by atoms with Gasteiger partial charge in [-0.3, -0.25) is 4.98 Å². The first-order chi connectivity index (χ1) is 9.63. The summed E-state index contributed by atoms with van der Waals surface area (Å²) in [6.07, 6.45) is 3.23. The van der Waals surface area contributed by atoms with E-state index in [2.05, 4.69) is 31.1 Å². The summed E-state index contributed by atoms with van der Waals surface area (Å²) in [6.45, 7) is 0. The predicted molar refractivity (Wildman–Crippen MR) is 75.0 cm³/mol. The van der Waals surface area contributed by atoms with Gasteiger partial charge in [0.15, 0.2) is 0 Å². The van der Waals surface area contributed by atoms with Gasteiger partial charge < -0.3 is 10.3 Å². The third kappa shape index (κ3) is 2.39. The molecule has 2 N–H and O–H groups in total. The minimum absolute atomic E-state index is 0.0739. The number of halogens is 2. The van der Waals surface area contributed by atoms with Gasteiger partial charge in [0.25, 0.3) is 5.89 Å². The molecule has 20 heavy (non-hydrogen) atoms. The molecule has 0 radical (unpaired) electrons. The van der Waals surface area contributed by atoms with Crippen molar-refractivity contribution >= 4 is 21.6 Å². The predicted octanol–water partition coefficient (Wildman–Crippen LogP) is 3.28. The molecule has 2 aromatic heterocycles. The van der Waals surface area contributed by atoms with Crippen LogP contribution in [0.15, 0.2) is 45.7 Å². The molecule has 100 valence electrons. The molecule has 0 spiro atoms. The summed E-state index contributed by atoms with van der Waals surface area (Å²) in [5.41, 5.74) is 6.89. The standard InChI is InChI=1S/C13H8BrFN4O/c14-8-3-7(5-17-6-8)12-18-13(20-19-12)10-4-9(16)1-2-11(10)15/h1-6H,16H2. The topological polar surface area (TPSA) is 77.8 Å². The molecule has 0 unspecified atom stereocenters. The summed E-state index contributed by atoms with van der Waals surface area (Å²) in [4.78, 5) is 8.17. The molecule has 1 aromatic carbocycles. The third-order valence-corrected chi connectivity index (χ3v) is 3.04. The zero-order valence-electron chi connectivity index (χ0n) is 10.0. The summed E-state index contributed by atoms with van der Waals surface area (Å²) in [7, 11) is 0. The van der Waals surface area contributed by atoms with Gasteiger partial charge >= 0.3 is 0 Å². The van der Waals surface area contributed by atoms with E-state index in [9.17, 15) is 4.39 Å². The highest BCUT2D eigenvalue weighted by Crippen LogP contribution is 2.26. The van der Waals surface area contributed by atoms with Crippen molar-refractivity contribution in [2.75, 3.05) is 5.73 Å². The van der Waals surface area contributed by atoms with E-state index in [1.165, 1.54) is 18.2 Å². The van der Waals surface area contributed by atoms with Crippen LogP contribution in [-0.4, -0.2) is 15.1 Å². The van der Waals surface area contributed by atoms with Gasteiger partial charge in [0.2, 0.25) is 5.82 Å². The lowest BCUT2D eigenvalue weighted by Gasteiger charge is -1.98. The van der Waals surface area contributed by atoms with Gasteiger partial charge in [-0.1, -0.05) is 5.16 Å². The number of benzene rings is 1. The van der Waals surface area contributed by atoms with E-state index < -0.39 is 5.82 Å². The monoisotopic (exact) mass is 334 g/mol. The highest BCUT2D eigenvalue weighted by molar-refractivity contribution is 9.10. The number of rotatable bonds is 2. The second-order valence-electron chi connectivity index (χ2n) is 4.05. The highest BCUT2D eigenvalue weighted by atomic mass is 79.9. The molecule has 0 saturated heterocycles. The maximum Gasteiger partial charge on any atom is 0.261 e. The van der Waals surface area contributed by atoms with Crippen molar-refractivity contribution in [3.8, 4) is 22.8 Å². The molecule has 7 heteroatoms. The van der Waals surface area contributed by atoms with Gasteiger partial charge in [-0.05, 0) is 40.2 Å². The van der Waals surface area contributed by atoms with Crippen molar-refractivity contribution < 1.29 is 8.91 Å². The summed E-state index contributed by atoms with van der Waals surface area (Å²) < 4.78 is 19.6. The number of hydrogen-bond donors (Lipinski definition) is 1. The number of hydrogen-bond acceptors (Lipinski definition) is 5. The van der Waals surface area contributed by atoms with E-state index in [0.29, 0.717) is 17.1 Å². The molecular formula is C13H8BrFN4O. The van der Waals surface area contributed by atoms with E-state index in [4.69, 9.17) is 10.3 Å². The quantitative estimate of drug-likeness (QED) is 0.727. The Labute approximate surface area is 121 Å². The number of nitrogens with two attached hydrogens (primary N) is 1. The number of pyridine rings is 1. The van der Waals surface area contributed by atoms with Crippen molar-refractivity contribution in [1.29, 1.82) is 0 Å². The van der Waals surface area contributed by atoms with Gasteiger partial charge in [-0.15, -0.1) is 0 Å². The van der Waals surface area contributed by atoms with E-state index in [1.807, 2.05) is 0 Å². The average molecular weight is 335 g/mol. The largest absolute Gasteiger partial charge is 0.399 e. The minimum Gasteiger partial charge on any atom is -0.399 e. The van der Waals surface area contributed by atoms with Crippen molar-refractivity contribution in [1.82, 2.24) is 15.1 Å². The molecule has 3 aromatic rings. The van der Waals surface area contributed by atoms with Crippen LogP contribution in [0.2, 0.25) is 0 Å². The van der Waals surface area contributed by atoms with Crippen molar-refractivity contribution in [3.05, 3.63) is 46.9 Å². The zero-order chi connectivity index (χ0) is 14.1. The molecule has 0 atom stereocenters. The highest BCUT2D eigenvalue weighted by Gasteiger charge is 2.15. The fourth-order valence-electron chi connectivity index (χ4n) is 1.69. The number of aromatic nitrogens is 3. The molecule has 5 nitrogen and oxygen atoms in total.